The second-order valence-electron chi connectivity index (χ2n) is 8.37. The van der Waals surface area contributed by atoms with Gasteiger partial charge in [0.25, 0.3) is 5.76 Å². The first-order chi connectivity index (χ1) is 15.0. The molecule has 1 aromatic carbocycles. The Hall–Kier alpha value is -2.28. The van der Waals surface area contributed by atoms with Gasteiger partial charge in [0.05, 0.1) is 0 Å². The average molecular weight is 452 g/mol. The summed E-state index contributed by atoms with van der Waals surface area (Å²) in [7, 11) is 0. The van der Waals surface area contributed by atoms with E-state index in [9.17, 15) is 4.21 Å². The van der Waals surface area contributed by atoms with Gasteiger partial charge in [-0.2, -0.15) is 4.21 Å². The maximum absolute atomic E-state index is 13.0. The van der Waals surface area contributed by atoms with E-state index in [-0.39, 0.29) is 0 Å². The molecule has 1 N–H and O–H groups in total. The van der Waals surface area contributed by atoms with E-state index < -0.39 is 11.1 Å². The van der Waals surface area contributed by atoms with Crippen LogP contribution in [0, 0.1) is 18.8 Å². The maximum atomic E-state index is 13.0. The maximum Gasteiger partial charge on any atom is 0.381 e. The van der Waals surface area contributed by atoms with Gasteiger partial charge in [0, 0.05) is 28.2 Å². The molecule has 2 nitrogen and oxygen atoms in total. The summed E-state index contributed by atoms with van der Waals surface area (Å²) in [4.78, 5) is 0.761. The molecule has 160 valence electrons. The van der Waals surface area contributed by atoms with Crippen LogP contribution >= 0.6 is 11.6 Å². The number of aryl methyl sites for hydroxylation is 1. The van der Waals surface area contributed by atoms with Crippen LogP contribution in [-0.4, -0.2) is 8.39 Å². The minimum atomic E-state index is -1.44. The summed E-state index contributed by atoms with van der Waals surface area (Å²) in [6, 6.07) is 7.72. The van der Waals surface area contributed by atoms with Crippen molar-refractivity contribution in [1.82, 2.24) is 0 Å². The highest BCUT2D eigenvalue weighted by atomic mass is 35.5. The first-order valence-electron chi connectivity index (χ1n) is 10.9. The Morgan fingerprint density at radius 2 is 2.00 bits per heavy atom. The molecule has 31 heavy (non-hydrogen) atoms. The molecule has 4 rings (SSSR count). The van der Waals surface area contributed by atoms with Gasteiger partial charge in [-0.25, -0.2) is 0 Å². The molecule has 0 fully saturated rings. The van der Waals surface area contributed by atoms with Crippen LogP contribution in [-0.2, 0) is 11.1 Å². The molecular weight excluding hydrogens is 424 g/mol. The van der Waals surface area contributed by atoms with Gasteiger partial charge in [0.1, 0.15) is 4.90 Å². The number of halogens is 1. The first-order valence-corrected chi connectivity index (χ1v) is 12.3. The van der Waals surface area contributed by atoms with Crippen LogP contribution in [0.25, 0.3) is 0 Å². The van der Waals surface area contributed by atoms with Crippen molar-refractivity contribution in [3.63, 3.8) is 0 Å². The molecule has 0 heterocycles. The van der Waals surface area contributed by atoms with Gasteiger partial charge in [-0.1, -0.05) is 59.0 Å². The number of benzene rings is 1. The van der Waals surface area contributed by atoms with Crippen LogP contribution in [0.3, 0.4) is 0 Å². The van der Waals surface area contributed by atoms with E-state index in [1.54, 1.807) is 0 Å². The number of allylic oxidation sites excluding steroid dienone is 9. The Morgan fingerprint density at radius 3 is 2.77 bits per heavy atom. The first kappa shape index (κ1) is 21.9. The minimum absolute atomic E-state index is 0.382. The zero-order valence-electron chi connectivity index (χ0n) is 18.0. The molecule has 0 spiro atoms. The van der Waals surface area contributed by atoms with Crippen molar-refractivity contribution in [1.29, 1.82) is 0 Å². The lowest BCUT2D eigenvalue weighted by atomic mass is 9.83. The highest BCUT2D eigenvalue weighted by molar-refractivity contribution is 7.79. The summed E-state index contributed by atoms with van der Waals surface area (Å²) in [5.74, 6) is 1.58. The molecule has 0 saturated carbocycles. The van der Waals surface area contributed by atoms with Crippen molar-refractivity contribution in [3.8, 4) is 0 Å². The molecule has 0 aromatic heterocycles. The van der Waals surface area contributed by atoms with Gasteiger partial charge in [0.2, 0.25) is 0 Å². The lowest BCUT2D eigenvalue weighted by Crippen LogP contribution is -2.15. The summed E-state index contributed by atoms with van der Waals surface area (Å²) in [6.07, 6.45) is 15.2. The van der Waals surface area contributed by atoms with Crippen LogP contribution < -0.4 is 0 Å². The van der Waals surface area contributed by atoms with E-state index in [4.69, 9.17) is 11.6 Å². The van der Waals surface area contributed by atoms with Crippen LogP contribution in [0.2, 0.25) is 0 Å². The van der Waals surface area contributed by atoms with Crippen LogP contribution in [0.1, 0.15) is 44.6 Å². The van der Waals surface area contributed by atoms with Gasteiger partial charge >= 0.3 is 11.1 Å². The molecule has 0 saturated heterocycles. The highest BCUT2D eigenvalue weighted by Gasteiger charge is 2.30. The molecule has 4 heteroatoms. The summed E-state index contributed by atoms with van der Waals surface area (Å²) in [5.41, 5.74) is 11.3. The third kappa shape index (κ3) is 5.14. The van der Waals surface area contributed by atoms with Crippen LogP contribution in [0.15, 0.2) is 98.5 Å². The van der Waals surface area contributed by atoms with Crippen molar-refractivity contribution in [2.24, 2.45) is 11.8 Å². The van der Waals surface area contributed by atoms with Crippen molar-refractivity contribution in [2.75, 3.05) is 0 Å². The minimum Gasteiger partial charge on any atom is -0.486 e. The van der Waals surface area contributed by atoms with E-state index in [0.717, 1.165) is 53.4 Å². The Labute approximate surface area is 192 Å². The average Bonchev–Trinajstić information content (AvgIpc) is 2.96. The summed E-state index contributed by atoms with van der Waals surface area (Å²) < 4.78 is 17.7. The molecule has 3 unspecified atom stereocenters. The van der Waals surface area contributed by atoms with E-state index >= 15 is 0 Å². The second-order valence-corrected chi connectivity index (χ2v) is 9.97. The van der Waals surface area contributed by atoms with Gasteiger partial charge in [0.15, 0.2) is 0 Å². The monoisotopic (exact) mass is 451 g/mol. The third-order valence-electron chi connectivity index (χ3n) is 6.34. The molecule has 0 radical (unpaired) electrons. The standard InChI is InChI=1S/C27H27ClO2S/c1-19-12-13-22(14-16-24(19)21-9-4-3-5-10-21)25-17-15-23(28)18-26(25)30-31(29)27-11-7-6-8-20(27)2/h3-4,6-9,11-12,18,22,24H,13-17H2,1-2H3/p+1. The third-order valence-corrected chi connectivity index (χ3v) is 7.83. The second kappa shape index (κ2) is 9.90. The zero-order valence-corrected chi connectivity index (χ0v) is 19.6. The fraction of sp³-hybridized carbons (Fsp3) is 0.333. The predicted molar refractivity (Wildman–Crippen MR) is 129 cm³/mol. The normalized spacial score (nSPS) is 24.3. The highest BCUT2D eigenvalue weighted by Crippen LogP contribution is 2.40. The smallest absolute Gasteiger partial charge is 0.381 e. The van der Waals surface area contributed by atoms with E-state index in [1.807, 2.05) is 49.4 Å². The lowest BCUT2D eigenvalue weighted by Gasteiger charge is -2.22. The van der Waals surface area contributed by atoms with Gasteiger partial charge < -0.3 is 4.18 Å². The SMILES string of the molecule is CC1=CCC(C2=C([OH+]S(=O)c3ccccc3C)C=C(Cl)CC2)CCC1C1=C=C=CC=C1. The fourth-order valence-corrected chi connectivity index (χ4v) is 5.74. The summed E-state index contributed by atoms with van der Waals surface area (Å²) in [6.45, 7) is 4.19. The van der Waals surface area contributed by atoms with Crippen molar-refractivity contribution in [2.45, 2.75) is 50.8 Å². The number of aliphatic hydroxyl groups is 1. The molecule has 0 amide bonds. The van der Waals surface area contributed by atoms with Gasteiger partial charge in [-0.05, 0) is 75.7 Å². The molecule has 3 atom stereocenters. The summed E-state index contributed by atoms with van der Waals surface area (Å²) in [5, 5.41) is 0.789. The molecule has 0 aliphatic heterocycles. The van der Waals surface area contributed by atoms with E-state index in [2.05, 4.69) is 34.7 Å². The van der Waals surface area contributed by atoms with Crippen LogP contribution in [0.5, 0.6) is 0 Å². The Kier molecular flexibility index (Phi) is 7.00. The molecule has 1 aromatic rings. The predicted octanol–water partition coefficient (Wildman–Crippen LogP) is 7.45. The van der Waals surface area contributed by atoms with Gasteiger partial charge in [-0.15, -0.1) is 0 Å². The zero-order chi connectivity index (χ0) is 21.8. The molecule has 3 aliphatic rings. The van der Waals surface area contributed by atoms with E-state index in [0.29, 0.717) is 11.8 Å². The molecular formula is C27H28ClO2S+. The Balaban J connectivity index is 1.59. The molecule has 0 bridgehead atoms. The summed E-state index contributed by atoms with van der Waals surface area (Å²) >= 11 is 4.94. The van der Waals surface area contributed by atoms with Gasteiger partial charge in [-0.3, -0.25) is 0 Å². The van der Waals surface area contributed by atoms with Crippen molar-refractivity contribution in [3.05, 3.63) is 99.2 Å². The number of hydrogen-bond acceptors (Lipinski definition) is 1. The lowest BCUT2D eigenvalue weighted by molar-refractivity contribution is 0.263. The Bertz CT molecular complexity index is 1120. The number of hydrogen-bond donors (Lipinski definition) is 0. The largest absolute Gasteiger partial charge is 0.486 e. The van der Waals surface area contributed by atoms with Crippen molar-refractivity contribution >= 4 is 22.7 Å². The quantitative estimate of drug-likeness (QED) is 0.198. The molecule has 3 aliphatic carbocycles. The van der Waals surface area contributed by atoms with E-state index in [1.165, 1.54) is 16.7 Å². The topological polar surface area (TPSA) is 29.9 Å². The van der Waals surface area contributed by atoms with Crippen molar-refractivity contribution < 1.29 is 8.39 Å². The fourth-order valence-electron chi connectivity index (χ4n) is 4.56. The Morgan fingerprint density at radius 1 is 1.16 bits per heavy atom. The number of rotatable bonds is 5. The van der Waals surface area contributed by atoms with Crippen LogP contribution in [0.4, 0.5) is 0 Å².